The molecule has 4 rings (SSSR count). The van der Waals surface area contributed by atoms with Gasteiger partial charge in [-0.2, -0.15) is 0 Å². The number of ketones is 1. The van der Waals surface area contributed by atoms with Crippen LogP contribution in [0.1, 0.15) is 120 Å². The maximum Gasteiger partial charge on any atom is 0.192 e. The van der Waals surface area contributed by atoms with Crippen LogP contribution in [0.2, 0.25) is 36.3 Å². The lowest BCUT2D eigenvalue weighted by molar-refractivity contribution is -0.114. The van der Waals surface area contributed by atoms with Gasteiger partial charge in [-0.05, 0) is 133 Å². The van der Waals surface area contributed by atoms with E-state index in [-0.39, 0.29) is 22.3 Å². The zero-order chi connectivity index (χ0) is 33.8. The molecule has 5 heteroatoms. The van der Waals surface area contributed by atoms with Crippen molar-refractivity contribution in [3.05, 3.63) is 47.6 Å². The average molecular weight is 653 g/mol. The Morgan fingerprint density at radius 2 is 1.53 bits per heavy atom. The Bertz CT molecular complexity index is 1210. The standard InChI is InChI=1S/C40H68O3Si2/c1-27(24-31-19-22-36(41)28(31)2)34-20-21-35-30(16-15-23-40(34,35)10)17-18-32-25-33(42-44(11,12)38(4,5)6)26-37(29(32)3)43-45(13,14)39(7,8)9/h17-18,27,31,33-35,37H,2-3,15-16,19-26H2,1,4-14H3/t27-,31?,33-,34-,35?,37+,40-/m1/s1. The van der Waals surface area contributed by atoms with Crippen molar-refractivity contribution in [1.82, 2.24) is 0 Å². The first-order valence-electron chi connectivity index (χ1n) is 18.2. The zero-order valence-corrected chi connectivity index (χ0v) is 33.3. The minimum atomic E-state index is -1.98. The molecule has 0 aromatic rings. The SMILES string of the molecule is C=C1C(=O)CCC1C[C@@H](C)[C@H]1CCC2C(=CC=C3C[C@@H](O[Si](C)(C)C(C)(C)C)C[C@H](O[Si](C)(C)C(C)(C)C)C3=C)CCC[C@@]21C. The average Bonchev–Trinajstić information content (AvgIpc) is 3.42. The Balaban J connectivity index is 1.58. The predicted molar refractivity (Wildman–Crippen MR) is 198 cm³/mol. The first-order valence-corrected chi connectivity index (χ1v) is 24.1. The monoisotopic (exact) mass is 652 g/mol. The lowest BCUT2D eigenvalue weighted by atomic mass is 9.60. The van der Waals surface area contributed by atoms with Gasteiger partial charge in [-0.25, -0.2) is 0 Å². The van der Waals surface area contributed by atoms with Gasteiger partial charge in [-0.3, -0.25) is 4.79 Å². The Kier molecular flexibility index (Phi) is 10.7. The van der Waals surface area contributed by atoms with Gasteiger partial charge in [0, 0.05) is 12.8 Å². The second-order valence-electron chi connectivity index (χ2n) is 18.8. The normalized spacial score (nSPS) is 34.6. The lowest BCUT2D eigenvalue weighted by Crippen LogP contribution is -2.49. The van der Waals surface area contributed by atoms with Gasteiger partial charge in [0.25, 0.3) is 0 Å². The second kappa shape index (κ2) is 13.1. The largest absolute Gasteiger partial charge is 0.413 e. The summed E-state index contributed by atoms with van der Waals surface area (Å²) in [4.78, 5) is 12.2. The van der Waals surface area contributed by atoms with Crippen LogP contribution in [0.5, 0.6) is 0 Å². The molecule has 0 heterocycles. The first kappa shape index (κ1) is 36.8. The molecule has 7 atom stereocenters. The molecule has 0 saturated heterocycles. The van der Waals surface area contributed by atoms with Gasteiger partial charge >= 0.3 is 0 Å². The molecule has 0 N–H and O–H groups in total. The number of hydrogen-bond donors (Lipinski definition) is 0. The molecule has 4 fully saturated rings. The highest BCUT2D eigenvalue weighted by Gasteiger charge is 2.51. The van der Waals surface area contributed by atoms with Gasteiger partial charge < -0.3 is 8.85 Å². The molecular formula is C40H68O3Si2. The molecular weight excluding hydrogens is 585 g/mol. The zero-order valence-electron chi connectivity index (χ0n) is 31.3. The van der Waals surface area contributed by atoms with Crippen LogP contribution in [-0.2, 0) is 13.6 Å². The van der Waals surface area contributed by atoms with E-state index in [1.807, 2.05) is 0 Å². The fourth-order valence-electron chi connectivity index (χ4n) is 8.72. The molecule has 4 saturated carbocycles. The summed E-state index contributed by atoms with van der Waals surface area (Å²) in [6.07, 6.45) is 16.2. The summed E-state index contributed by atoms with van der Waals surface area (Å²) in [5, 5.41) is 0.321. The summed E-state index contributed by atoms with van der Waals surface area (Å²) >= 11 is 0. The van der Waals surface area contributed by atoms with Crippen LogP contribution in [0.15, 0.2) is 47.6 Å². The van der Waals surface area contributed by atoms with E-state index in [9.17, 15) is 4.79 Å². The van der Waals surface area contributed by atoms with Gasteiger partial charge in [0.15, 0.2) is 22.4 Å². The van der Waals surface area contributed by atoms with Crippen molar-refractivity contribution in [2.45, 2.75) is 168 Å². The van der Waals surface area contributed by atoms with Gasteiger partial charge in [-0.1, -0.05) is 86.3 Å². The second-order valence-corrected chi connectivity index (χ2v) is 28.3. The van der Waals surface area contributed by atoms with E-state index in [0.717, 1.165) is 37.2 Å². The summed E-state index contributed by atoms with van der Waals surface area (Å²) in [5.41, 5.74) is 5.40. The van der Waals surface area contributed by atoms with Crippen LogP contribution in [0.25, 0.3) is 0 Å². The highest BCUT2D eigenvalue weighted by atomic mass is 28.4. The van der Waals surface area contributed by atoms with Crippen LogP contribution in [0.4, 0.5) is 0 Å². The van der Waals surface area contributed by atoms with E-state index in [0.29, 0.717) is 35.4 Å². The molecule has 0 bridgehead atoms. The van der Waals surface area contributed by atoms with Crippen LogP contribution in [-0.4, -0.2) is 34.6 Å². The third-order valence-corrected chi connectivity index (χ3v) is 22.7. The summed E-state index contributed by atoms with van der Waals surface area (Å²) in [5.74, 6) is 2.71. The molecule has 45 heavy (non-hydrogen) atoms. The highest BCUT2D eigenvalue weighted by Crippen LogP contribution is 2.60. The molecule has 0 radical (unpaired) electrons. The minimum Gasteiger partial charge on any atom is -0.413 e. The third-order valence-electron chi connectivity index (χ3n) is 13.7. The third kappa shape index (κ3) is 7.68. The van der Waals surface area contributed by atoms with E-state index in [2.05, 4.69) is 107 Å². The quantitative estimate of drug-likeness (QED) is 0.193. The number of Topliss-reactive ketones (excluding diaryl/α,β-unsaturated/α-hetero) is 1. The van der Waals surface area contributed by atoms with Gasteiger partial charge in [-0.15, -0.1) is 0 Å². The smallest absolute Gasteiger partial charge is 0.192 e. The molecule has 254 valence electrons. The summed E-state index contributed by atoms with van der Waals surface area (Å²) < 4.78 is 14.2. The van der Waals surface area contributed by atoms with Crippen molar-refractivity contribution < 1.29 is 13.6 Å². The topological polar surface area (TPSA) is 35.5 Å². The number of carbonyl (C=O) groups is 1. The molecule has 2 unspecified atom stereocenters. The predicted octanol–water partition coefficient (Wildman–Crippen LogP) is 11.7. The van der Waals surface area contributed by atoms with E-state index in [1.165, 1.54) is 43.3 Å². The highest BCUT2D eigenvalue weighted by molar-refractivity contribution is 6.74. The van der Waals surface area contributed by atoms with Crippen molar-refractivity contribution in [3.8, 4) is 0 Å². The Labute approximate surface area is 280 Å². The summed E-state index contributed by atoms with van der Waals surface area (Å²) in [6.45, 7) is 37.4. The van der Waals surface area contributed by atoms with Gasteiger partial charge in [0.1, 0.15) is 0 Å². The van der Waals surface area contributed by atoms with E-state index < -0.39 is 16.6 Å². The molecule has 0 aliphatic heterocycles. The van der Waals surface area contributed by atoms with E-state index >= 15 is 0 Å². The molecule has 4 aliphatic carbocycles. The Morgan fingerprint density at radius 3 is 2.11 bits per heavy atom. The van der Waals surface area contributed by atoms with Crippen LogP contribution >= 0.6 is 0 Å². The Hall–Kier alpha value is -1.02. The maximum atomic E-state index is 12.2. The maximum absolute atomic E-state index is 12.2. The van der Waals surface area contributed by atoms with Crippen LogP contribution < -0.4 is 0 Å². The van der Waals surface area contributed by atoms with Gasteiger partial charge in [0.2, 0.25) is 0 Å². The first-order chi connectivity index (χ1) is 20.6. The molecule has 4 aliphatic rings. The van der Waals surface area contributed by atoms with Crippen molar-refractivity contribution >= 4 is 22.4 Å². The lowest BCUT2D eigenvalue weighted by Gasteiger charge is -2.46. The fraction of sp³-hybridized carbons (Fsp3) is 0.775. The van der Waals surface area contributed by atoms with Crippen LogP contribution in [0, 0.1) is 29.1 Å². The molecule has 0 aromatic heterocycles. The molecule has 0 spiro atoms. The molecule has 0 aromatic carbocycles. The van der Waals surface area contributed by atoms with Crippen molar-refractivity contribution in [3.63, 3.8) is 0 Å². The van der Waals surface area contributed by atoms with Crippen molar-refractivity contribution in [2.24, 2.45) is 29.1 Å². The van der Waals surface area contributed by atoms with Crippen molar-refractivity contribution in [2.75, 3.05) is 0 Å². The number of rotatable bonds is 8. The summed E-state index contributed by atoms with van der Waals surface area (Å²) in [7, 11) is -3.92. The Morgan fingerprint density at radius 1 is 0.911 bits per heavy atom. The molecule has 3 nitrogen and oxygen atoms in total. The van der Waals surface area contributed by atoms with Gasteiger partial charge in [0.05, 0.1) is 12.2 Å². The van der Waals surface area contributed by atoms with Crippen molar-refractivity contribution in [1.29, 1.82) is 0 Å². The number of carbonyl (C=O) groups excluding carboxylic acids is 1. The summed E-state index contributed by atoms with van der Waals surface area (Å²) in [6, 6.07) is 0. The van der Waals surface area contributed by atoms with E-state index in [4.69, 9.17) is 8.85 Å². The number of hydrogen-bond acceptors (Lipinski definition) is 3. The number of allylic oxidation sites excluding steroid dienone is 4. The van der Waals surface area contributed by atoms with E-state index in [1.54, 1.807) is 5.57 Å². The molecule has 0 amide bonds. The minimum absolute atomic E-state index is 0.0182. The fourth-order valence-corrected chi connectivity index (χ4v) is 11.4. The number of fused-ring (bicyclic) bond motifs is 1. The van der Waals surface area contributed by atoms with Crippen LogP contribution in [0.3, 0.4) is 0 Å².